The molecule has 1 heterocycles. The predicted octanol–water partition coefficient (Wildman–Crippen LogP) is 0.225. The molecule has 5 heteroatoms. The third-order valence-corrected chi connectivity index (χ3v) is 1.34. The summed E-state index contributed by atoms with van der Waals surface area (Å²) in [5, 5.41) is 0. The summed E-state index contributed by atoms with van der Waals surface area (Å²) < 4.78 is 8.11. The third kappa shape index (κ3) is 1.08. The van der Waals surface area contributed by atoms with Crippen LogP contribution in [0.25, 0.3) is 0 Å². The van der Waals surface area contributed by atoms with Gasteiger partial charge in [-0.25, -0.2) is 0 Å². The normalized spacial score (nSPS) is 36.4. The molecular formula is H4O3P2. The molecular weight excluding hydrogens is 110 g/mol. The van der Waals surface area contributed by atoms with Gasteiger partial charge in [0.15, 0.2) is 0 Å². The summed E-state index contributed by atoms with van der Waals surface area (Å²) >= 11 is 0. The van der Waals surface area contributed by atoms with E-state index in [4.69, 9.17) is 4.89 Å². The van der Waals surface area contributed by atoms with Gasteiger partial charge < -0.3 is 0 Å². The average Bonchev–Trinajstić information content (AvgIpc) is 1.76. The number of hydrogen-bond acceptors (Lipinski definition) is 3. The van der Waals surface area contributed by atoms with E-state index >= 15 is 0 Å². The molecule has 1 aliphatic heterocycles. The van der Waals surface area contributed by atoms with Crippen molar-refractivity contribution in [2.24, 2.45) is 0 Å². The van der Waals surface area contributed by atoms with Crippen molar-refractivity contribution in [3.05, 3.63) is 0 Å². The third-order valence-electron chi connectivity index (χ3n) is 0.254. The molecule has 1 N–H and O–H groups in total. The van der Waals surface area contributed by atoms with Crippen LogP contribution in [0.1, 0.15) is 0 Å². The molecule has 0 radical (unpaired) electrons. The summed E-state index contributed by atoms with van der Waals surface area (Å²) in [6.45, 7) is 0. The average molecular weight is 114 g/mol. The van der Waals surface area contributed by atoms with E-state index in [-0.39, 0.29) is 0 Å². The van der Waals surface area contributed by atoms with Crippen LogP contribution in [0.3, 0.4) is 0 Å². The zero-order chi connectivity index (χ0) is 3.91. The number of hydrogen-bond donors (Lipinski definition) is 1. The zero-order valence-corrected chi connectivity index (χ0v) is 4.50. The van der Waals surface area contributed by atoms with Gasteiger partial charge in [0.2, 0.25) is 0 Å². The molecule has 3 nitrogen and oxygen atoms in total. The standard InChI is InChI=1S/H4O3P2/c1-5(4)2-3-5/h1,5H,4H2. The minimum atomic E-state index is -2.44. The fraction of sp³-hybridized carbons (Fsp3) is 0. The van der Waals surface area contributed by atoms with Gasteiger partial charge in [0, 0.05) is 0 Å². The quantitative estimate of drug-likeness (QED) is 0.278. The van der Waals surface area contributed by atoms with E-state index in [1.807, 2.05) is 0 Å². The molecule has 1 rings (SSSR count). The molecule has 0 aliphatic carbocycles. The molecule has 0 amide bonds. The van der Waals surface area contributed by atoms with E-state index in [2.05, 4.69) is 18.3 Å². The predicted molar refractivity (Wildman–Crippen MR) is 22.4 cm³/mol. The second-order valence-corrected chi connectivity index (χ2v) is 4.58. The van der Waals surface area contributed by atoms with Gasteiger partial charge in [-0.1, -0.05) is 0 Å². The fourth-order valence-electron chi connectivity index (χ4n) is 0.0427. The first-order valence-corrected chi connectivity index (χ1v) is 4.66. The molecule has 1 saturated heterocycles. The summed E-state index contributed by atoms with van der Waals surface area (Å²) in [7, 11) is -0.368. The van der Waals surface area contributed by atoms with Gasteiger partial charge in [-0.15, -0.1) is 0 Å². The molecule has 0 aromatic rings. The van der Waals surface area contributed by atoms with Gasteiger partial charge in [0.1, 0.15) is 0 Å². The summed E-state index contributed by atoms with van der Waals surface area (Å²) in [4.78, 5) is 8.29. The Labute approximate surface area is 31.9 Å². The van der Waals surface area contributed by atoms with Gasteiger partial charge in [0.25, 0.3) is 0 Å². The molecule has 5 heavy (non-hydrogen) atoms. The van der Waals surface area contributed by atoms with E-state index < -0.39 is 7.63 Å². The Morgan fingerprint density at radius 1 is 1.60 bits per heavy atom. The van der Waals surface area contributed by atoms with Crippen molar-refractivity contribution < 1.29 is 14.2 Å². The molecule has 1 aliphatic rings. The van der Waals surface area contributed by atoms with Gasteiger partial charge in [-0.2, -0.15) is 0 Å². The number of rotatable bonds is 0. The molecule has 0 aromatic carbocycles. The molecule has 32 valence electrons. The van der Waals surface area contributed by atoms with Crippen LogP contribution in [-0.4, -0.2) is 4.89 Å². The second kappa shape index (κ2) is 0.868. The molecule has 0 aromatic heterocycles. The van der Waals surface area contributed by atoms with Crippen molar-refractivity contribution in [3.63, 3.8) is 0 Å². The van der Waals surface area contributed by atoms with Gasteiger partial charge >= 0.3 is 30.8 Å². The van der Waals surface area contributed by atoms with Gasteiger partial charge in [-0.05, 0) is 0 Å². The van der Waals surface area contributed by atoms with Crippen molar-refractivity contribution in [1.82, 2.24) is 0 Å². The molecule has 0 spiro atoms. The SMILES string of the molecule is O[PH]1(P)OO1. The van der Waals surface area contributed by atoms with Crippen molar-refractivity contribution in [2.45, 2.75) is 0 Å². The molecule has 1 unspecified atom stereocenters. The van der Waals surface area contributed by atoms with Gasteiger partial charge in [-0.3, -0.25) is 0 Å². The van der Waals surface area contributed by atoms with Crippen molar-refractivity contribution in [3.8, 4) is 0 Å². The summed E-state index contributed by atoms with van der Waals surface area (Å²) in [6, 6.07) is 0. The first-order chi connectivity index (χ1) is 2.21. The van der Waals surface area contributed by atoms with Crippen LogP contribution in [0.2, 0.25) is 0 Å². The Hall–Kier alpha value is 0.740. The maximum absolute atomic E-state index is 8.29. The first kappa shape index (κ1) is 3.91. The molecule has 1 atom stereocenters. The van der Waals surface area contributed by atoms with Crippen LogP contribution in [0.15, 0.2) is 0 Å². The maximum atomic E-state index is 8.29. The molecule has 1 fully saturated rings. The van der Waals surface area contributed by atoms with E-state index in [1.165, 1.54) is 0 Å². The zero-order valence-electron chi connectivity index (χ0n) is 2.34. The second-order valence-electron chi connectivity index (χ2n) is 0.797. The molecule has 0 bridgehead atoms. The first-order valence-electron chi connectivity index (χ1n) is 1.09. The molecule has 0 saturated carbocycles. The Bertz CT molecular complexity index is 42.9. The summed E-state index contributed by atoms with van der Waals surface area (Å²) in [6.07, 6.45) is 0. The van der Waals surface area contributed by atoms with Crippen molar-refractivity contribution >= 4 is 16.6 Å². The van der Waals surface area contributed by atoms with Crippen LogP contribution in [0.5, 0.6) is 0 Å². The van der Waals surface area contributed by atoms with Crippen molar-refractivity contribution in [2.75, 3.05) is 0 Å². The van der Waals surface area contributed by atoms with E-state index in [1.54, 1.807) is 0 Å². The summed E-state index contributed by atoms with van der Waals surface area (Å²) in [5.74, 6) is 0. The van der Waals surface area contributed by atoms with E-state index in [0.29, 0.717) is 0 Å². The van der Waals surface area contributed by atoms with Crippen LogP contribution >= 0.6 is 16.6 Å². The van der Waals surface area contributed by atoms with Crippen LogP contribution < -0.4 is 0 Å². The van der Waals surface area contributed by atoms with Crippen LogP contribution in [0, 0.1) is 0 Å². The Balaban J connectivity index is 2.38. The van der Waals surface area contributed by atoms with Crippen molar-refractivity contribution in [1.29, 1.82) is 0 Å². The van der Waals surface area contributed by atoms with Crippen LogP contribution in [-0.2, 0) is 9.35 Å². The van der Waals surface area contributed by atoms with E-state index in [0.717, 1.165) is 0 Å². The van der Waals surface area contributed by atoms with E-state index in [9.17, 15) is 0 Å². The van der Waals surface area contributed by atoms with Gasteiger partial charge in [0.05, 0.1) is 0 Å². The van der Waals surface area contributed by atoms with Crippen LogP contribution in [0.4, 0.5) is 0 Å². The fourth-order valence-corrected chi connectivity index (χ4v) is 0.817. The minimum absolute atomic E-state index is 2.08. The Morgan fingerprint density at radius 2 is 1.80 bits per heavy atom. The Morgan fingerprint density at radius 3 is 1.80 bits per heavy atom. The monoisotopic (exact) mass is 114 g/mol. The Kier molecular flexibility index (Phi) is 0.679. The summed E-state index contributed by atoms with van der Waals surface area (Å²) in [5.41, 5.74) is 0. The topological polar surface area (TPSA) is 45.3 Å².